The molecule has 2 saturated heterocycles. The van der Waals surface area contributed by atoms with Crippen molar-refractivity contribution in [3.05, 3.63) is 0 Å². The average molecular weight is 595 g/mol. The highest BCUT2D eigenvalue weighted by Crippen LogP contribution is 2.39. The molecule has 238 valence electrons. The Morgan fingerprint density at radius 1 is 1.05 bits per heavy atom. The van der Waals surface area contributed by atoms with E-state index in [1.807, 2.05) is 0 Å². The van der Waals surface area contributed by atoms with Crippen molar-refractivity contribution in [1.29, 1.82) is 0 Å². The quantitative estimate of drug-likeness (QED) is 0.105. The molecule has 41 heavy (non-hydrogen) atoms. The molecule has 14 N–H and O–H groups in total. The molecule has 2 heterocycles. The Hall–Kier alpha value is -1.09. The van der Waals surface area contributed by atoms with Crippen molar-refractivity contribution in [2.24, 2.45) is 17.4 Å². The van der Waals surface area contributed by atoms with Gasteiger partial charge in [0.15, 0.2) is 11.9 Å². The van der Waals surface area contributed by atoms with Gasteiger partial charge in [0, 0.05) is 44.0 Å². The first-order chi connectivity index (χ1) is 19.2. The summed E-state index contributed by atoms with van der Waals surface area (Å²) in [7, 11) is 0. The summed E-state index contributed by atoms with van der Waals surface area (Å²) in [4.78, 5) is 12.8. The minimum Gasteiger partial charge on any atom is -0.396 e. The number of aliphatic hydroxyl groups excluding tert-OH is 6. The zero-order chi connectivity index (χ0) is 30.3. The van der Waals surface area contributed by atoms with Gasteiger partial charge in [0.05, 0.1) is 36.6 Å². The molecule has 2 aliphatic carbocycles. The summed E-state index contributed by atoms with van der Waals surface area (Å²) < 4.78 is 17.5. The first-order valence-electron chi connectivity index (χ1n) is 14.1. The van der Waals surface area contributed by atoms with Gasteiger partial charge in [-0.25, -0.2) is 0 Å². The van der Waals surface area contributed by atoms with Crippen LogP contribution in [0.1, 0.15) is 32.6 Å². The number of hydrogen-bond donors (Lipinski definition) is 12. The topological polar surface area (TPSA) is 283 Å². The van der Waals surface area contributed by atoms with Crippen LogP contribution in [0.15, 0.2) is 0 Å². The second-order valence-corrected chi connectivity index (χ2v) is 12.2. The Balaban J connectivity index is 1.55. The van der Waals surface area contributed by atoms with Crippen LogP contribution in [0, 0.1) is 5.92 Å². The van der Waals surface area contributed by atoms with Gasteiger partial charge >= 0.3 is 0 Å². The molecule has 0 radical (unpaired) electrons. The van der Waals surface area contributed by atoms with E-state index in [-0.39, 0.29) is 39.0 Å². The van der Waals surface area contributed by atoms with E-state index in [4.69, 9.17) is 30.8 Å². The second kappa shape index (κ2) is 12.9. The fraction of sp³-hybridized carbons (Fsp3) is 0.960. The highest BCUT2D eigenvalue weighted by atomic mass is 16.7. The van der Waals surface area contributed by atoms with E-state index in [9.17, 15) is 40.5 Å². The molecule has 16 heteroatoms. The summed E-state index contributed by atoms with van der Waals surface area (Å²) >= 11 is 0. The van der Waals surface area contributed by atoms with Crippen molar-refractivity contribution in [2.45, 2.75) is 117 Å². The summed E-state index contributed by atoms with van der Waals surface area (Å²) in [5.74, 6) is -1.86. The van der Waals surface area contributed by atoms with E-state index < -0.39 is 96.3 Å². The smallest absolute Gasteiger partial charge is 0.253 e. The van der Waals surface area contributed by atoms with Gasteiger partial charge in [-0.15, -0.1) is 0 Å². The summed E-state index contributed by atoms with van der Waals surface area (Å²) in [6.45, 7) is 1.73. The summed E-state index contributed by atoms with van der Waals surface area (Å²) in [5.41, 5.74) is 9.07. The van der Waals surface area contributed by atoms with Gasteiger partial charge < -0.3 is 77.2 Å². The third-order valence-corrected chi connectivity index (χ3v) is 8.64. The number of aliphatic hydroxyl groups is 8. The zero-order valence-corrected chi connectivity index (χ0v) is 23.0. The number of carbonyl (C=O) groups is 1. The van der Waals surface area contributed by atoms with Crippen LogP contribution in [-0.2, 0) is 19.0 Å². The molecule has 1 amide bonds. The molecule has 4 aliphatic rings. The molecule has 0 bridgehead atoms. The molecule has 16 nitrogen and oxygen atoms in total. The van der Waals surface area contributed by atoms with Crippen molar-refractivity contribution in [3.8, 4) is 0 Å². The van der Waals surface area contributed by atoms with Crippen LogP contribution in [0.5, 0.6) is 0 Å². The average Bonchev–Trinajstić information content (AvgIpc) is 3.52. The normalized spacial score (nSPS) is 50.4. The third kappa shape index (κ3) is 7.02. The Morgan fingerprint density at radius 3 is 2.34 bits per heavy atom. The lowest BCUT2D eigenvalue weighted by atomic mass is 9.72. The van der Waals surface area contributed by atoms with Gasteiger partial charge in [-0.2, -0.15) is 0 Å². The third-order valence-electron chi connectivity index (χ3n) is 8.64. The molecule has 15 atom stereocenters. The van der Waals surface area contributed by atoms with E-state index in [0.717, 1.165) is 0 Å². The molecule has 2 aliphatic heterocycles. The molecule has 0 spiro atoms. The van der Waals surface area contributed by atoms with Gasteiger partial charge in [-0.05, 0) is 26.3 Å². The minimum absolute atomic E-state index is 0.0331. The fourth-order valence-electron chi connectivity index (χ4n) is 6.06. The van der Waals surface area contributed by atoms with Crippen LogP contribution < -0.4 is 22.1 Å². The largest absolute Gasteiger partial charge is 0.396 e. The van der Waals surface area contributed by atoms with Gasteiger partial charge in [0.2, 0.25) is 0 Å². The Bertz CT molecular complexity index is 903. The van der Waals surface area contributed by atoms with Crippen molar-refractivity contribution in [1.82, 2.24) is 10.6 Å². The lowest BCUT2D eigenvalue weighted by Crippen LogP contribution is -2.70. The maximum absolute atomic E-state index is 12.8. The number of nitrogens with two attached hydrogens (primary N) is 2. The van der Waals surface area contributed by atoms with Gasteiger partial charge in [-0.1, -0.05) is 0 Å². The monoisotopic (exact) mass is 594 g/mol. The first kappa shape index (κ1) is 32.8. The Morgan fingerprint density at radius 2 is 1.73 bits per heavy atom. The molecule has 0 aromatic carbocycles. The first-order valence-corrected chi connectivity index (χ1v) is 14.1. The predicted molar refractivity (Wildman–Crippen MR) is 139 cm³/mol. The number of hydrogen-bond acceptors (Lipinski definition) is 15. The van der Waals surface area contributed by atoms with E-state index in [0.29, 0.717) is 13.0 Å². The van der Waals surface area contributed by atoms with Gasteiger partial charge in [0.1, 0.15) is 30.5 Å². The van der Waals surface area contributed by atoms with Gasteiger partial charge in [-0.3, -0.25) is 4.79 Å². The Labute approximate surface area is 237 Å². The van der Waals surface area contributed by atoms with Crippen LogP contribution in [0.2, 0.25) is 0 Å². The SMILES string of the molecule is C[C@]1(O)CO[C@H](O[C@H]2[C@H](NC(=O)C3(O)CC3N)C[C@H](N)C([C@H]3O[C@H](CNCCCO)[C@@H](O)[C@H](O)[C@H]3O)[C@@H]2O)[C@H](O)C1. The summed E-state index contributed by atoms with van der Waals surface area (Å²) in [6, 6.07) is -2.68. The molecule has 4 rings (SSSR count). The molecule has 2 saturated carbocycles. The van der Waals surface area contributed by atoms with E-state index in [1.54, 1.807) is 0 Å². The van der Waals surface area contributed by atoms with E-state index >= 15 is 0 Å². The molecular weight excluding hydrogens is 548 g/mol. The lowest BCUT2D eigenvalue weighted by Gasteiger charge is -2.51. The molecule has 0 aromatic heterocycles. The predicted octanol–water partition coefficient (Wildman–Crippen LogP) is -6.29. The molecule has 4 fully saturated rings. The van der Waals surface area contributed by atoms with Crippen LogP contribution in [0.3, 0.4) is 0 Å². The van der Waals surface area contributed by atoms with E-state index in [1.165, 1.54) is 6.92 Å². The van der Waals surface area contributed by atoms with E-state index in [2.05, 4.69) is 10.6 Å². The standard InChI is InChI=1S/C25H46N4O12/c1-24(37)6-12(31)22(39-9-24)41-20-11(29-23(36)25(38)7-14(25)27)5-10(26)15(17(20)33)21-19(35)18(34)16(32)13(40-21)8-28-3-2-4-30/h10-22,28,30-35,37-38H,2-9,26-27H2,1H3,(H,29,36)/t10-,11+,12+,13+,14?,15?,16+,17-,18-,19+,20-,21+,22+,24+,25?/m0/s1. The fourth-order valence-corrected chi connectivity index (χ4v) is 6.06. The summed E-state index contributed by atoms with van der Waals surface area (Å²) in [6.07, 6.45) is -12.1. The van der Waals surface area contributed by atoms with Crippen LogP contribution in [0.25, 0.3) is 0 Å². The highest BCUT2D eigenvalue weighted by Gasteiger charge is 2.60. The number of ether oxygens (including phenoxy) is 3. The van der Waals surface area contributed by atoms with Crippen molar-refractivity contribution < 1.29 is 59.9 Å². The Kier molecular flexibility index (Phi) is 10.3. The zero-order valence-electron chi connectivity index (χ0n) is 23.0. The highest BCUT2D eigenvalue weighted by molar-refractivity contribution is 5.89. The van der Waals surface area contributed by atoms with Crippen LogP contribution in [0.4, 0.5) is 0 Å². The van der Waals surface area contributed by atoms with Crippen LogP contribution in [-0.4, -0.2) is 158 Å². The maximum atomic E-state index is 12.8. The number of carbonyl (C=O) groups excluding carboxylic acids is 1. The number of rotatable bonds is 10. The molecule has 3 unspecified atom stereocenters. The maximum Gasteiger partial charge on any atom is 0.253 e. The van der Waals surface area contributed by atoms with Gasteiger partial charge in [0.25, 0.3) is 5.91 Å². The van der Waals surface area contributed by atoms with Crippen LogP contribution >= 0.6 is 0 Å². The van der Waals surface area contributed by atoms with Crippen molar-refractivity contribution >= 4 is 5.91 Å². The number of amides is 1. The molecular formula is C25H46N4O12. The molecule has 0 aromatic rings. The van der Waals surface area contributed by atoms with Crippen molar-refractivity contribution in [2.75, 3.05) is 26.3 Å². The number of nitrogens with one attached hydrogen (secondary N) is 2. The minimum atomic E-state index is -1.78. The second-order valence-electron chi connectivity index (χ2n) is 12.2. The van der Waals surface area contributed by atoms with Crippen molar-refractivity contribution in [3.63, 3.8) is 0 Å². The lowest BCUT2D eigenvalue weighted by molar-refractivity contribution is -0.297. The summed E-state index contributed by atoms with van der Waals surface area (Å²) in [5, 5.41) is 89.5.